The Morgan fingerprint density at radius 1 is 0.486 bits per heavy atom. The van der Waals surface area contributed by atoms with Crippen LogP contribution in [-0.2, 0) is 15.6 Å². The number of ether oxygens (including phenoxy) is 1. The van der Waals surface area contributed by atoms with Crippen molar-refractivity contribution in [1.82, 2.24) is 0 Å². The summed E-state index contributed by atoms with van der Waals surface area (Å²) in [5.74, 6) is 4.65. The summed E-state index contributed by atoms with van der Waals surface area (Å²) in [4.78, 5) is 0. The van der Waals surface area contributed by atoms with Gasteiger partial charge in [-0.05, 0) is 68.7 Å². The van der Waals surface area contributed by atoms with E-state index in [1.54, 1.807) is 17.3 Å². The van der Waals surface area contributed by atoms with Crippen molar-refractivity contribution >= 4 is 10.9 Å². The minimum Gasteiger partial charge on any atom is -0.378 e. The van der Waals surface area contributed by atoms with Crippen LogP contribution in [0.3, 0.4) is 0 Å². The first kappa shape index (κ1) is 33.3. The molecule has 2 atom stereocenters. The zero-order chi connectivity index (χ0) is 25.1. The van der Waals surface area contributed by atoms with E-state index in [-0.39, 0.29) is 0 Å². The summed E-state index contributed by atoms with van der Waals surface area (Å²) in [5.41, 5.74) is 0. The predicted octanol–water partition coefficient (Wildman–Crippen LogP) is 11.2. The molecule has 1 rings (SSSR count). The SMILES string of the molecule is CCCCCCCCCC[S+](CCCCCC)CCCCCCCCCCCCCC1CCCO1. The molecule has 0 aromatic carbocycles. The van der Waals surface area contributed by atoms with Crippen LogP contribution < -0.4 is 0 Å². The molecular weight excluding hydrogens is 444 g/mol. The highest BCUT2D eigenvalue weighted by atomic mass is 32.2. The lowest BCUT2D eigenvalue weighted by Crippen LogP contribution is -2.17. The van der Waals surface area contributed by atoms with E-state index < -0.39 is 0 Å². The zero-order valence-electron chi connectivity index (χ0n) is 24.6. The van der Waals surface area contributed by atoms with Gasteiger partial charge in [-0.25, -0.2) is 0 Å². The van der Waals surface area contributed by atoms with Crippen molar-refractivity contribution in [3.8, 4) is 0 Å². The molecule has 1 nitrogen and oxygen atoms in total. The predicted molar refractivity (Wildman–Crippen MR) is 163 cm³/mol. The second-order valence-corrected chi connectivity index (χ2v) is 14.0. The molecule has 0 radical (unpaired) electrons. The molecule has 0 saturated carbocycles. The highest BCUT2D eigenvalue weighted by molar-refractivity contribution is 7.96. The van der Waals surface area contributed by atoms with Gasteiger partial charge in [0.2, 0.25) is 0 Å². The van der Waals surface area contributed by atoms with E-state index in [1.807, 2.05) is 0 Å². The largest absolute Gasteiger partial charge is 0.378 e. The summed E-state index contributed by atoms with van der Waals surface area (Å²) in [6.45, 7) is 5.68. The first-order valence-electron chi connectivity index (χ1n) is 16.6. The van der Waals surface area contributed by atoms with E-state index in [9.17, 15) is 0 Å². The normalized spacial score (nSPS) is 16.8. The Kier molecular flexibility index (Phi) is 26.0. The minimum absolute atomic E-state index is 0.608. The Hall–Kier alpha value is 0.310. The maximum Gasteiger partial charge on any atom is 0.108 e. The smallest absolute Gasteiger partial charge is 0.108 e. The molecule has 0 bridgehead atoms. The Balaban J connectivity index is 1.91. The summed E-state index contributed by atoms with van der Waals surface area (Å²) < 4.78 is 5.73. The summed E-state index contributed by atoms with van der Waals surface area (Å²) >= 11 is 0. The number of rotatable bonds is 28. The van der Waals surface area contributed by atoms with Crippen molar-refractivity contribution in [3.05, 3.63) is 0 Å². The van der Waals surface area contributed by atoms with E-state index in [0.717, 1.165) is 17.5 Å². The van der Waals surface area contributed by atoms with Crippen molar-refractivity contribution < 1.29 is 4.74 Å². The lowest BCUT2D eigenvalue weighted by molar-refractivity contribution is 0.102. The third-order valence-electron chi connectivity index (χ3n) is 8.06. The van der Waals surface area contributed by atoms with Crippen LogP contribution in [0.2, 0.25) is 0 Å². The van der Waals surface area contributed by atoms with Crippen LogP contribution in [0.25, 0.3) is 0 Å². The van der Waals surface area contributed by atoms with E-state index in [0.29, 0.717) is 6.10 Å². The Morgan fingerprint density at radius 3 is 1.26 bits per heavy atom. The van der Waals surface area contributed by atoms with Crippen molar-refractivity contribution in [2.75, 3.05) is 23.9 Å². The van der Waals surface area contributed by atoms with Gasteiger partial charge in [-0.1, -0.05) is 123 Å². The summed E-state index contributed by atoms with van der Waals surface area (Å²) in [6, 6.07) is 0. The first-order chi connectivity index (χ1) is 17.4. The Morgan fingerprint density at radius 2 is 0.857 bits per heavy atom. The average Bonchev–Trinajstić information content (AvgIpc) is 3.39. The Labute approximate surface area is 226 Å². The minimum atomic E-state index is 0.608. The van der Waals surface area contributed by atoms with E-state index in [4.69, 9.17) is 4.74 Å². The molecule has 0 aliphatic carbocycles. The fourth-order valence-corrected chi connectivity index (χ4v) is 8.07. The van der Waals surface area contributed by atoms with Crippen LogP contribution in [0.15, 0.2) is 0 Å². The van der Waals surface area contributed by atoms with E-state index in [2.05, 4.69) is 13.8 Å². The molecule has 210 valence electrons. The molecular formula is C33H67OS+. The molecule has 0 spiro atoms. The molecule has 1 aliphatic heterocycles. The van der Waals surface area contributed by atoms with Crippen molar-refractivity contribution in [1.29, 1.82) is 0 Å². The van der Waals surface area contributed by atoms with Gasteiger partial charge in [-0.3, -0.25) is 0 Å². The van der Waals surface area contributed by atoms with E-state index in [1.165, 1.54) is 167 Å². The molecule has 1 aliphatic rings. The third-order valence-corrected chi connectivity index (χ3v) is 10.7. The summed E-state index contributed by atoms with van der Waals surface area (Å²) in [7, 11) is 0.738. The Bertz CT molecular complexity index is 393. The maximum absolute atomic E-state index is 5.73. The van der Waals surface area contributed by atoms with Gasteiger partial charge < -0.3 is 4.74 Å². The second kappa shape index (κ2) is 27.3. The van der Waals surface area contributed by atoms with Gasteiger partial charge >= 0.3 is 0 Å². The first-order valence-corrected chi connectivity index (χ1v) is 18.4. The monoisotopic (exact) mass is 511 g/mol. The van der Waals surface area contributed by atoms with Gasteiger partial charge in [0, 0.05) is 6.61 Å². The van der Waals surface area contributed by atoms with Crippen molar-refractivity contribution in [3.63, 3.8) is 0 Å². The second-order valence-electron chi connectivity index (χ2n) is 11.6. The molecule has 1 saturated heterocycles. The average molecular weight is 512 g/mol. The molecule has 1 heterocycles. The van der Waals surface area contributed by atoms with Gasteiger partial charge in [0.25, 0.3) is 0 Å². The van der Waals surface area contributed by atoms with Crippen molar-refractivity contribution in [2.24, 2.45) is 0 Å². The highest BCUT2D eigenvalue weighted by Crippen LogP contribution is 2.19. The van der Waals surface area contributed by atoms with Gasteiger partial charge in [0.15, 0.2) is 0 Å². The quantitative estimate of drug-likeness (QED) is 0.0749. The molecule has 1 fully saturated rings. The van der Waals surface area contributed by atoms with Crippen molar-refractivity contribution in [2.45, 2.75) is 187 Å². The fourth-order valence-electron chi connectivity index (χ4n) is 5.62. The summed E-state index contributed by atoms with van der Waals surface area (Å²) in [6.07, 6.45) is 38.3. The molecule has 0 N–H and O–H groups in total. The number of unbranched alkanes of at least 4 members (excludes halogenated alkanes) is 20. The van der Waals surface area contributed by atoms with Crippen LogP contribution in [0.5, 0.6) is 0 Å². The third kappa shape index (κ3) is 23.2. The zero-order valence-corrected chi connectivity index (χ0v) is 25.4. The molecule has 2 heteroatoms. The molecule has 0 amide bonds. The lowest BCUT2D eigenvalue weighted by atomic mass is 10.0. The summed E-state index contributed by atoms with van der Waals surface area (Å²) in [5, 5.41) is 0. The van der Waals surface area contributed by atoms with Crippen LogP contribution in [0.1, 0.15) is 181 Å². The molecule has 0 aromatic heterocycles. The topological polar surface area (TPSA) is 9.23 Å². The van der Waals surface area contributed by atoms with Crippen LogP contribution in [0, 0.1) is 0 Å². The van der Waals surface area contributed by atoms with Crippen LogP contribution in [-0.4, -0.2) is 30.0 Å². The highest BCUT2D eigenvalue weighted by Gasteiger charge is 2.17. The van der Waals surface area contributed by atoms with Gasteiger partial charge in [-0.2, -0.15) is 0 Å². The van der Waals surface area contributed by atoms with E-state index >= 15 is 0 Å². The number of hydrogen-bond acceptors (Lipinski definition) is 1. The fraction of sp³-hybridized carbons (Fsp3) is 1.00. The van der Waals surface area contributed by atoms with Gasteiger partial charge in [0.05, 0.1) is 6.10 Å². The molecule has 0 aromatic rings. The number of hydrogen-bond donors (Lipinski definition) is 0. The van der Waals surface area contributed by atoms with Crippen LogP contribution >= 0.6 is 0 Å². The molecule has 2 unspecified atom stereocenters. The maximum atomic E-state index is 5.73. The standard InChI is InChI=1S/C33H67OS/c1-3-5-7-9-10-17-20-24-31-35(30-23-8-6-4-2)32-25-21-18-15-13-11-12-14-16-19-22-27-33-28-26-29-34-33/h33H,3-32H2,1-2H3/q+1. The van der Waals surface area contributed by atoms with Gasteiger partial charge in [0.1, 0.15) is 17.3 Å². The van der Waals surface area contributed by atoms with Crippen LogP contribution in [0.4, 0.5) is 0 Å². The molecule has 35 heavy (non-hydrogen) atoms. The lowest BCUT2D eigenvalue weighted by Gasteiger charge is -2.10. The van der Waals surface area contributed by atoms with Gasteiger partial charge in [-0.15, -0.1) is 0 Å².